The topological polar surface area (TPSA) is 86.0 Å². The highest BCUT2D eigenvalue weighted by Gasteiger charge is 2.46. The third-order valence-corrected chi connectivity index (χ3v) is 5.89. The average Bonchev–Trinajstić information content (AvgIpc) is 3.02. The van der Waals surface area contributed by atoms with Crippen LogP contribution in [0, 0.1) is 0 Å². The lowest BCUT2D eigenvalue weighted by Gasteiger charge is -2.11. The van der Waals surface area contributed by atoms with Gasteiger partial charge in [0, 0.05) is 12.1 Å². The summed E-state index contributed by atoms with van der Waals surface area (Å²) in [5.74, 6) is 0.620. The van der Waals surface area contributed by atoms with Crippen molar-refractivity contribution in [1.82, 2.24) is 14.3 Å². The second-order valence-electron chi connectivity index (χ2n) is 7.28. The Morgan fingerprint density at radius 3 is 2.19 bits per heavy atom. The van der Waals surface area contributed by atoms with Crippen molar-refractivity contribution in [3.8, 4) is 0 Å². The Kier molecular flexibility index (Phi) is 7.07. The third-order valence-electron chi connectivity index (χ3n) is 4.78. The monoisotopic (exact) mass is 468 g/mol. The van der Waals surface area contributed by atoms with Crippen LogP contribution in [0.2, 0.25) is 0 Å². The van der Waals surface area contributed by atoms with E-state index in [1.165, 1.54) is 38.2 Å². The number of hydrogen-bond donors (Lipinski definition) is 1. The van der Waals surface area contributed by atoms with Crippen LogP contribution < -0.4 is 10.4 Å². The fourth-order valence-electron chi connectivity index (χ4n) is 3.10. The molecule has 0 aliphatic rings. The third kappa shape index (κ3) is 5.58. The van der Waals surface area contributed by atoms with E-state index in [0.29, 0.717) is 24.4 Å². The van der Waals surface area contributed by atoms with Gasteiger partial charge in [-0.25, -0.2) is 9.48 Å². The minimum absolute atomic E-state index is 0.166. The van der Waals surface area contributed by atoms with Crippen LogP contribution in [0.15, 0.2) is 59.4 Å². The first kappa shape index (κ1) is 23.6. The number of aryl methyl sites for hydroxylation is 1. The van der Waals surface area contributed by atoms with E-state index in [9.17, 15) is 26.4 Å². The molecule has 11 heteroatoms. The largest absolute Gasteiger partial charge is 0.516 e. The summed E-state index contributed by atoms with van der Waals surface area (Å²) in [6, 6.07) is 14.8. The standard InChI is InChI=1S/C21H23F3N4O3S/c1-2-3-9-19-25-28(15-16-7-5-4-6-8-16)20(29)27(19)14-17-10-12-18(13-11-17)26-32(30,31)21(22,23)24/h4-8,10-13,26H,2-3,9,14-15H2,1H3. The molecular weight excluding hydrogens is 445 g/mol. The van der Waals surface area contributed by atoms with E-state index in [-0.39, 0.29) is 17.9 Å². The molecule has 0 aliphatic heterocycles. The molecule has 0 aliphatic carbocycles. The van der Waals surface area contributed by atoms with Crippen LogP contribution >= 0.6 is 0 Å². The van der Waals surface area contributed by atoms with Crippen molar-refractivity contribution in [3.05, 3.63) is 82.0 Å². The van der Waals surface area contributed by atoms with Gasteiger partial charge in [-0.3, -0.25) is 9.29 Å². The Balaban J connectivity index is 1.83. The average molecular weight is 469 g/mol. The SMILES string of the molecule is CCCCc1nn(Cc2ccccc2)c(=O)n1Cc1ccc(NS(=O)(=O)C(F)(F)F)cc1. The summed E-state index contributed by atoms with van der Waals surface area (Å²) in [5, 5.41) is 4.48. The Hall–Kier alpha value is -3.08. The summed E-state index contributed by atoms with van der Waals surface area (Å²) >= 11 is 0. The van der Waals surface area contributed by atoms with Gasteiger partial charge in [-0.2, -0.15) is 26.7 Å². The molecule has 3 rings (SSSR count). The molecule has 0 bridgehead atoms. The zero-order valence-electron chi connectivity index (χ0n) is 17.3. The van der Waals surface area contributed by atoms with Crippen molar-refractivity contribution in [1.29, 1.82) is 0 Å². The van der Waals surface area contributed by atoms with Crippen LogP contribution in [0.25, 0.3) is 0 Å². The van der Waals surface area contributed by atoms with Gasteiger partial charge in [-0.05, 0) is 29.7 Å². The molecule has 1 N–H and O–H groups in total. The van der Waals surface area contributed by atoms with Crippen LogP contribution in [0.3, 0.4) is 0 Å². The second kappa shape index (κ2) is 9.60. The van der Waals surface area contributed by atoms with E-state index in [2.05, 4.69) is 5.10 Å². The summed E-state index contributed by atoms with van der Waals surface area (Å²) in [7, 11) is -5.49. The molecule has 172 valence electrons. The van der Waals surface area contributed by atoms with Crippen LogP contribution in [-0.2, 0) is 29.5 Å². The molecule has 2 aromatic carbocycles. The van der Waals surface area contributed by atoms with Gasteiger partial charge in [0.2, 0.25) is 0 Å². The van der Waals surface area contributed by atoms with Crippen molar-refractivity contribution >= 4 is 15.7 Å². The first-order valence-corrected chi connectivity index (χ1v) is 11.5. The molecule has 0 fully saturated rings. The molecule has 0 spiro atoms. The molecule has 0 amide bonds. The lowest BCUT2D eigenvalue weighted by Crippen LogP contribution is -2.29. The highest BCUT2D eigenvalue weighted by atomic mass is 32.2. The second-order valence-corrected chi connectivity index (χ2v) is 8.95. The van der Waals surface area contributed by atoms with E-state index < -0.39 is 15.5 Å². The minimum Gasteiger partial charge on any atom is -0.276 e. The van der Waals surface area contributed by atoms with E-state index in [1.807, 2.05) is 37.3 Å². The molecule has 1 heterocycles. The molecule has 0 saturated carbocycles. The van der Waals surface area contributed by atoms with Crippen molar-refractivity contribution in [2.45, 2.75) is 44.8 Å². The lowest BCUT2D eigenvalue weighted by atomic mass is 10.2. The maximum absolute atomic E-state index is 13.0. The summed E-state index contributed by atoms with van der Waals surface area (Å²) in [6.45, 7) is 2.52. The normalized spacial score (nSPS) is 12.1. The predicted molar refractivity (Wildman–Crippen MR) is 115 cm³/mol. The minimum atomic E-state index is -5.49. The molecule has 1 aromatic heterocycles. The summed E-state index contributed by atoms with van der Waals surface area (Å²) < 4.78 is 64.5. The molecule has 0 saturated heterocycles. The van der Waals surface area contributed by atoms with Crippen LogP contribution in [0.5, 0.6) is 0 Å². The highest BCUT2D eigenvalue weighted by Crippen LogP contribution is 2.25. The molecule has 3 aromatic rings. The van der Waals surface area contributed by atoms with Crippen molar-refractivity contribution in [2.75, 3.05) is 4.72 Å². The summed E-state index contributed by atoms with van der Waals surface area (Å²) in [4.78, 5) is 13.0. The Labute approximate surface area is 183 Å². The van der Waals surface area contributed by atoms with Gasteiger partial charge in [0.05, 0.1) is 13.1 Å². The van der Waals surface area contributed by atoms with Gasteiger partial charge < -0.3 is 0 Å². The molecule has 0 unspecified atom stereocenters. The van der Waals surface area contributed by atoms with Crippen molar-refractivity contribution < 1.29 is 21.6 Å². The number of halogens is 3. The fourth-order valence-corrected chi connectivity index (χ4v) is 3.66. The lowest BCUT2D eigenvalue weighted by molar-refractivity contribution is -0.0429. The molecular formula is C21H23F3N4O3S. The van der Waals surface area contributed by atoms with Crippen LogP contribution in [0.1, 0.15) is 36.7 Å². The van der Waals surface area contributed by atoms with Gasteiger partial charge in [0.1, 0.15) is 5.82 Å². The number of nitrogens with one attached hydrogen (secondary N) is 1. The highest BCUT2D eigenvalue weighted by molar-refractivity contribution is 7.93. The zero-order valence-corrected chi connectivity index (χ0v) is 18.2. The molecule has 7 nitrogen and oxygen atoms in total. The van der Waals surface area contributed by atoms with Crippen LogP contribution in [0.4, 0.5) is 18.9 Å². The van der Waals surface area contributed by atoms with Gasteiger partial charge in [-0.15, -0.1) is 0 Å². The number of benzene rings is 2. The maximum atomic E-state index is 13.0. The van der Waals surface area contributed by atoms with Gasteiger partial charge >= 0.3 is 21.2 Å². The Morgan fingerprint density at radius 1 is 0.969 bits per heavy atom. The Bertz CT molecular complexity index is 1200. The number of rotatable bonds is 9. The van der Waals surface area contributed by atoms with Gasteiger partial charge in [0.25, 0.3) is 0 Å². The fraction of sp³-hybridized carbons (Fsp3) is 0.333. The number of hydrogen-bond acceptors (Lipinski definition) is 4. The van der Waals surface area contributed by atoms with Crippen molar-refractivity contribution in [2.24, 2.45) is 0 Å². The molecule has 0 atom stereocenters. The van der Waals surface area contributed by atoms with Gasteiger partial charge in [0.15, 0.2) is 0 Å². The first-order chi connectivity index (χ1) is 15.1. The number of alkyl halides is 3. The Morgan fingerprint density at radius 2 is 1.59 bits per heavy atom. The smallest absolute Gasteiger partial charge is 0.276 e. The number of anilines is 1. The number of sulfonamides is 1. The number of nitrogens with zero attached hydrogens (tertiary/aromatic N) is 3. The molecule has 0 radical (unpaired) electrons. The van der Waals surface area contributed by atoms with E-state index in [0.717, 1.165) is 18.4 Å². The zero-order chi connectivity index (χ0) is 23.4. The van der Waals surface area contributed by atoms with Crippen molar-refractivity contribution in [3.63, 3.8) is 0 Å². The first-order valence-electron chi connectivity index (χ1n) is 9.99. The van der Waals surface area contributed by atoms with E-state index >= 15 is 0 Å². The molecule has 32 heavy (non-hydrogen) atoms. The number of unbranched alkanes of at least 4 members (excludes halogenated alkanes) is 1. The quantitative estimate of drug-likeness (QED) is 0.518. The van der Waals surface area contributed by atoms with E-state index in [4.69, 9.17) is 0 Å². The van der Waals surface area contributed by atoms with Gasteiger partial charge in [-0.1, -0.05) is 55.8 Å². The number of aromatic nitrogens is 3. The predicted octanol–water partition coefficient (Wildman–Crippen LogP) is 3.75. The summed E-state index contributed by atoms with van der Waals surface area (Å²) in [5.41, 5.74) is -4.35. The maximum Gasteiger partial charge on any atom is 0.516 e. The van der Waals surface area contributed by atoms with Crippen LogP contribution in [-0.4, -0.2) is 28.3 Å². The van der Waals surface area contributed by atoms with E-state index in [1.54, 1.807) is 0 Å². The summed E-state index contributed by atoms with van der Waals surface area (Å²) in [6.07, 6.45) is 2.38.